The molecule has 0 atom stereocenters. The van der Waals surface area contributed by atoms with Crippen molar-refractivity contribution in [2.24, 2.45) is 0 Å². The third-order valence-electron chi connectivity index (χ3n) is 3.95. The minimum Gasteiger partial charge on any atom is -0.496 e. The molecule has 2 nitrogen and oxygen atoms in total. The van der Waals surface area contributed by atoms with Gasteiger partial charge in [-0.3, -0.25) is 4.79 Å². The normalized spacial score (nSPS) is 10.5. The Morgan fingerprint density at radius 3 is 2.48 bits per heavy atom. The summed E-state index contributed by atoms with van der Waals surface area (Å²) in [5, 5.41) is 0. The van der Waals surface area contributed by atoms with E-state index < -0.39 is 0 Å². The summed E-state index contributed by atoms with van der Waals surface area (Å²) in [5.41, 5.74) is 6.20. The van der Waals surface area contributed by atoms with Crippen molar-refractivity contribution < 1.29 is 9.53 Å². The van der Waals surface area contributed by atoms with Crippen LogP contribution in [-0.4, -0.2) is 13.4 Å². The molecule has 0 aliphatic heterocycles. The molecule has 0 N–H and O–H groups in total. The number of aldehydes is 1. The second-order valence-electron chi connectivity index (χ2n) is 5.33. The maximum atomic E-state index is 11.6. The largest absolute Gasteiger partial charge is 0.496 e. The summed E-state index contributed by atoms with van der Waals surface area (Å²) in [5.74, 6) is 0.843. The minimum absolute atomic E-state index is 0.802. The molecule has 2 aromatic carbocycles. The van der Waals surface area contributed by atoms with E-state index in [0.717, 1.165) is 52.7 Å². The van der Waals surface area contributed by atoms with Crippen molar-refractivity contribution in [3.63, 3.8) is 0 Å². The van der Waals surface area contributed by atoms with Crippen molar-refractivity contribution >= 4 is 6.29 Å². The lowest BCUT2D eigenvalue weighted by atomic mass is 9.89. The Bertz CT molecular complexity index is 657. The molecule has 21 heavy (non-hydrogen) atoms. The van der Waals surface area contributed by atoms with Gasteiger partial charge in [0, 0.05) is 11.1 Å². The van der Waals surface area contributed by atoms with E-state index in [-0.39, 0.29) is 0 Å². The molecule has 0 unspecified atom stereocenters. The van der Waals surface area contributed by atoms with E-state index in [9.17, 15) is 4.79 Å². The van der Waals surface area contributed by atoms with Gasteiger partial charge in [-0.05, 0) is 48.6 Å². The van der Waals surface area contributed by atoms with Crippen molar-refractivity contribution in [1.29, 1.82) is 0 Å². The monoisotopic (exact) mass is 282 g/mol. The van der Waals surface area contributed by atoms with Gasteiger partial charge in [-0.25, -0.2) is 0 Å². The van der Waals surface area contributed by atoms with Gasteiger partial charge in [0.05, 0.1) is 7.11 Å². The molecular weight excluding hydrogens is 260 g/mol. The Morgan fingerprint density at radius 2 is 1.90 bits per heavy atom. The van der Waals surface area contributed by atoms with Crippen LogP contribution >= 0.6 is 0 Å². The third kappa shape index (κ3) is 2.85. The molecule has 0 aromatic heterocycles. The highest BCUT2D eigenvalue weighted by Gasteiger charge is 2.17. The molecule has 0 radical (unpaired) electrons. The van der Waals surface area contributed by atoms with Crippen LogP contribution < -0.4 is 4.74 Å². The van der Waals surface area contributed by atoms with E-state index in [1.807, 2.05) is 25.1 Å². The lowest BCUT2D eigenvalue weighted by Crippen LogP contribution is -2.02. The molecule has 110 valence electrons. The van der Waals surface area contributed by atoms with E-state index >= 15 is 0 Å². The maximum absolute atomic E-state index is 11.6. The van der Waals surface area contributed by atoms with Gasteiger partial charge in [0.1, 0.15) is 5.75 Å². The van der Waals surface area contributed by atoms with Crippen molar-refractivity contribution in [2.45, 2.75) is 33.6 Å². The Morgan fingerprint density at radius 1 is 1.19 bits per heavy atom. The first kappa shape index (κ1) is 15.3. The zero-order chi connectivity index (χ0) is 15.4. The van der Waals surface area contributed by atoms with Gasteiger partial charge >= 0.3 is 0 Å². The van der Waals surface area contributed by atoms with E-state index in [0.29, 0.717) is 0 Å². The van der Waals surface area contributed by atoms with Crippen molar-refractivity contribution in [2.75, 3.05) is 7.11 Å². The van der Waals surface area contributed by atoms with Crippen LogP contribution in [0.15, 0.2) is 30.3 Å². The van der Waals surface area contributed by atoms with Crippen LogP contribution in [0.4, 0.5) is 0 Å². The van der Waals surface area contributed by atoms with Crippen molar-refractivity contribution in [1.82, 2.24) is 0 Å². The topological polar surface area (TPSA) is 26.3 Å². The van der Waals surface area contributed by atoms with Crippen LogP contribution in [-0.2, 0) is 6.42 Å². The highest BCUT2D eigenvalue weighted by atomic mass is 16.5. The summed E-state index contributed by atoms with van der Waals surface area (Å²) < 4.78 is 5.61. The molecule has 0 aliphatic rings. The fraction of sp³-hybridized carbons (Fsp3) is 0.316. The van der Waals surface area contributed by atoms with Gasteiger partial charge in [-0.15, -0.1) is 0 Å². The minimum atomic E-state index is 0.802. The van der Waals surface area contributed by atoms with Crippen LogP contribution in [0.25, 0.3) is 11.1 Å². The van der Waals surface area contributed by atoms with Gasteiger partial charge in [-0.2, -0.15) is 0 Å². The Balaban J connectivity index is 2.77. The first-order valence-electron chi connectivity index (χ1n) is 7.35. The van der Waals surface area contributed by atoms with Gasteiger partial charge in [0.2, 0.25) is 0 Å². The summed E-state index contributed by atoms with van der Waals surface area (Å²) in [4.78, 5) is 11.6. The van der Waals surface area contributed by atoms with E-state index in [4.69, 9.17) is 4.74 Å². The number of methoxy groups -OCH3 is 1. The van der Waals surface area contributed by atoms with Crippen molar-refractivity contribution in [3.05, 3.63) is 52.6 Å². The van der Waals surface area contributed by atoms with Crippen molar-refractivity contribution in [3.8, 4) is 16.9 Å². The number of ether oxygens (including phenoxy) is 1. The number of carbonyl (C=O) groups is 1. The average Bonchev–Trinajstić information content (AvgIpc) is 2.48. The zero-order valence-electron chi connectivity index (χ0n) is 13.2. The zero-order valence-corrected chi connectivity index (χ0v) is 13.2. The van der Waals surface area contributed by atoms with E-state index in [1.165, 1.54) is 5.56 Å². The molecule has 2 heteroatoms. The third-order valence-corrected chi connectivity index (χ3v) is 3.95. The highest BCUT2D eigenvalue weighted by Crippen LogP contribution is 2.38. The number of benzene rings is 2. The number of rotatable bonds is 5. The SMILES string of the molecule is CCCc1cc(OC)c(-c2ccccc2C)c(C)c1C=O. The van der Waals surface area contributed by atoms with Gasteiger partial charge in [0.15, 0.2) is 6.29 Å². The highest BCUT2D eigenvalue weighted by molar-refractivity contribution is 5.88. The summed E-state index contributed by atoms with van der Waals surface area (Å²) in [6, 6.07) is 10.2. The second kappa shape index (κ2) is 6.57. The Labute approximate surface area is 126 Å². The summed E-state index contributed by atoms with van der Waals surface area (Å²) in [6.45, 7) is 6.20. The molecule has 0 bridgehead atoms. The standard InChI is InChI=1S/C19H22O2/c1-5-8-15-11-18(21-4)19(14(3)17(15)12-20)16-10-7-6-9-13(16)2/h6-7,9-12H,5,8H2,1-4H3. The smallest absolute Gasteiger partial charge is 0.150 e. The fourth-order valence-electron chi connectivity index (χ4n) is 2.86. The first-order chi connectivity index (χ1) is 10.1. The Hall–Kier alpha value is -2.09. The predicted molar refractivity (Wildman–Crippen MR) is 87.3 cm³/mol. The van der Waals surface area contributed by atoms with Crippen LogP contribution in [0, 0.1) is 13.8 Å². The molecular formula is C19H22O2. The van der Waals surface area contributed by atoms with E-state index in [2.05, 4.69) is 26.0 Å². The second-order valence-corrected chi connectivity index (χ2v) is 5.33. The lowest BCUT2D eigenvalue weighted by molar-refractivity contribution is 0.112. The molecule has 2 rings (SSSR count). The molecule has 2 aromatic rings. The quantitative estimate of drug-likeness (QED) is 0.740. The predicted octanol–water partition coefficient (Wildman–Crippen LogP) is 4.74. The summed E-state index contributed by atoms with van der Waals surface area (Å²) in [7, 11) is 1.69. The summed E-state index contributed by atoms with van der Waals surface area (Å²) in [6.07, 6.45) is 2.87. The van der Waals surface area contributed by atoms with Gasteiger partial charge in [-0.1, -0.05) is 37.6 Å². The van der Waals surface area contributed by atoms with E-state index in [1.54, 1.807) is 7.11 Å². The molecule has 0 aliphatic carbocycles. The maximum Gasteiger partial charge on any atom is 0.150 e. The Kier molecular flexibility index (Phi) is 4.79. The van der Waals surface area contributed by atoms with Crippen LogP contribution in [0.3, 0.4) is 0 Å². The van der Waals surface area contributed by atoms with Crippen LogP contribution in [0.1, 0.15) is 40.4 Å². The summed E-state index contributed by atoms with van der Waals surface area (Å²) >= 11 is 0. The first-order valence-corrected chi connectivity index (χ1v) is 7.35. The number of hydrogen-bond acceptors (Lipinski definition) is 2. The molecule has 0 fully saturated rings. The average molecular weight is 282 g/mol. The van der Waals surface area contributed by atoms with Crippen LogP contribution in [0.5, 0.6) is 5.75 Å². The molecule has 0 saturated heterocycles. The molecule has 0 heterocycles. The van der Waals surface area contributed by atoms with Crippen LogP contribution in [0.2, 0.25) is 0 Å². The number of hydrogen-bond donors (Lipinski definition) is 0. The van der Waals surface area contributed by atoms with Gasteiger partial charge < -0.3 is 4.74 Å². The molecule has 0 saturated carbocycles. The number of carbonyl (C=O) groups excluding carboxylic acids is 1. The molecule has 0 spiro atoms. The number of aryl methyl sites for hydroxylation is 2. The lowest BCUT2D eigenvalue weighted by Gasteiger charge is -2.18. The van der Waals surface area contributed by atoms with Gasteiger partial charge in [0.25, 0.3) is 0 Å². The fourth-order valence-corrected chi connectivity index (χ4v) is 2.86. The molecule has 0 amide bonds.